The third-order valence-corrected chi connectivity index (χ3v) is 4.21. The van der Waals surface area contributed by atoms with Gasteiger partial charge in [0.1, 0.15) is 0 Å². The monoisotopic (exact) mass is 253 g/mol. The number of hydrazone groups is 1. The Kier molecular flexibility index (Phi) is 3.27. The van der Waals surface area contributed by atoms with Crippen LogP contribution >= 0.6 is 0 Å². The molecule has 102 valence electrons. The van der Waals surface area contributed by atoms with Gasteiger partial charge in [0, 0.05) is 19.1 Å². The molecule has 2 saturated heterocycles. The van der Waals surface area contributed by atoms with Gasteiger partial charge in [-0.25, -0.2) is 10.0 Å². The number of nitrogens with two attached hydrogens (primary N) is 2. The predicted octanol–water partition coefficient (Wildman–Crippen LogP) is -1.16. The van der Waals surface area contributed by atoms with E-state index >= 15 is 0 Å². The molecule has 5 N–H and O–H groups in total. The number of piperidine rings is 1. The zero-order chi connectivity index (χ0) is 12.5. The van der Waals surface area contributed by atoms with E-state index in [4.69, 9.17) is 11.5 Å². The molecule has 0 saturated carbocycles. The molecule has 7 heteroatoms. The van der Waals surface area contributed by atoms with E-state index in [2.05, 4.69) is 20.4 Å². The van der Waals surface area contributed by atoms with Crippen LogP contribution in [-0.2, 0) is 0 Å². The van der Waals surface area contributed by atoms with Crippen molar-refractivity contribution in [1.82, 2.24) is 20.3 Å². The van der Waals surface area contributed by atoms with Crippen LogP contribution in [0, 0.1) is 0 Å². The topological polar surface area (TPSA) is 86.1 Å². The second kappa shape index (κ2) is 4.91. The van der Waals surface area contributed by atoms with Gasteiger partial charge in [-0.2, -0.15) is 0 Å². The average molecular weight is 253 g/mol. The first-order valence-electron chi connectivity index (χ1n) is 6.88. The van der Waals surface area contributed by atoms with Gasteiger partial charge in [-0.05, 0) is 38.8 Å². The van der Waals surface area contributed by atoms with Crippen molar-refractivity contribution in [3.8, 4) is 0 Å². The lowest BCUT2D eigenvalue weighted by molar-refractivity contribution is -0.0250. The second-order valence-corrected chi connectivity index (χ2v) is 5.32. The summed E-state index contributed by atoms with van der Waals surface area (Å²) in [4.78, 5) is 2.64. The summed E-state index contributed by atoms with van der Waals surface area (Å²) in [7, 11) is 0. The van der Waals surface area contributed by atoms with Crippen LogP contribution < -0.4 is 16.9 Å². The summed E-state index contributed by atoms with van der Waals surface area (Å²) in [5.74, 6) is 0.474. The highest BCUT2D eigenvalue weighted by molar-refractivity contribution is 5.78. The summed E-state index contributed by atoms with van der Waals surface area (Å²) in [6.45, 7) is 4.57. The normalized spacial score (nSPS) is 31.7. The van der Waals surface area contributed by atoms with Gasteiger partial charge in [-0.3, -0.25) is 11.2 Å². The fourth-order valence-electron chi connectivity index (χ4n) is 3.24. The molecule has 3 heterocycles. The molecule has 3 aliphatic heterocycles. The maximum absolute atomic E-state index is 5.93. The average Bonchev–Trinajstić information content (AvgIpc) is 3.01. The highest BCUT2D eigenvalue weighted by Crippen LogP contribution is 2.22. The number of guanidine groups is 1. The fraction of sp³-hybridized carbons (Fsp3) is 0.909. The van der Waals surface area contributed by atoms with Crippen molar-refractivity contribution in [2.45, 2.75) is 38.0 Å². The molecule has 0 spiro atoms. The summed E-state index contributed by atoms with van der Waals surface area (Å²) >= 11 is 0. The number of hydrogen-bond donors (Lipinski definition) is 3. The van der Waals surface area contributed by atoms with Gasteiger partial charge in [0.05, 0.1) is 0 Å². The molecule has 0 amide bonds. The molecule has 7 nitrogen and oxygen atoms in total. The van der Waals surface area contributed by atoms with Crippen molar-refractivity contribution < 1.29 is 0 Å². The van der Waals surface area contributed by atoms with Crippen LogP contribution in [0.1, 0.15) is 25.7 Å². The lowest BCUT2D eigenvalue weighted by Crippen LogP contribution is -2.60. The first kappa shape index (κ1) is 12.0. The highest BCUT2D eigenvalue weighted by Gasteiger charge is 2.33. The van der Waals surface area contributed by atoms with Crippen LogP contribution in [0.5, 0.6) is 0 Å². The third kappa shape index (κ3) is 2.13. The van der Waals surface area contributed by atoms with Crippen molar-refractivity contribution in [3.05, 3.63) is 0 Å². The molecule has 18 heavy (non-hydrogen) atoms. The SMILES string of the molecule is NC1=NNC(N)N1N1CCC(N2CCCC2)CC1. The summed E-state index contributed by atoms with van der Waals surface area (Å²) in [5, 5.41) is 8.06. The maximum atomic E-state index is 5.93. The van der Waals surface area contributed by atoms with E-state index in [1.165, 1.54) is 38.8 Å². The Balaban J connectivity index is 1.55. The molecule has 0 aliphatic carbocycles. The van der Waals surface area contributed by atoms with Gasteiger partial charge in [0.15, 0.2) is 6.29 Å². The molecule has 0 aromatic rings. The largest absolute Gasteiger partial charge is 0.367 e. The van der Waals surface area contributed by atoms with E-state index in [9.17, 15) is 0 Å². The van der Waals surface area contributed by atoms with E-state index in [0.717, 1.165) is 19.1 Å². The Hall–Kier alpha value is -1.05. The number of hydrazine groups is 1. The molecular formula is C11H23N7. The number of likely N-dealkylation sites (tertiary alicyclic amines) is 1. The van der Waals surface area contributed by atoms with Gasteiger partial charge in [0.2, 0.25) is 5.96 Å². The third-order valence-electron chi connectivity index (χ3n) is 4.21. The van der Waals surface area contributed by atoms with Crippen molar-refractivity contribution in [2.24, 2.45) is 16.6 Å². The quantitative estimate of drug-likeness (QED) is 0.575. The Morgan fingerprint density at radius 3 is 2.33 bits per heavy atom. The van der Waals surface area contributed by atoms with Crippen molar-refractivity contribution in [1.29, 1.82) is 0 Å². The van der Waals surface area contributed by atoms with Gasteiger partial charge >= 0.3 is 0 Å². The predicted molar refractivity (Wildman–Crippen MR) is 70.0 cm³/mol. The maximum Gasteiger partial charge on any atom is 0.231 e. The standard InChI is InChI=1S/C11H23N7/c12-10-14-15-11(13)18(10)17-7-3-9(4-8-17)16-5-1-2-6-16/h9-10,14H,1-8,12H2,(H2,13,15). The van der Waals surface area contributed by atoms with E-state index in [0.29, 0.717) is 5.96 Å². The molecule has 0 radical (unpaired) electrons. The molecule has 3 rings (SSSR count). The second-order valence-electron chi connectivity index (χ2n) is 5.32. The van der Waals surface area contributed by atoms with Crippen LogP contribution in [0.4, 0.5) is 0 Å². The molecule has 0 aromatic heterocycles. The lowest BCUT2D eigenvalue weighted by atomic mass is 10.0. The summed E-state index contributed by atoms with van der Waals surface area (Å²) in [6.07, 6.45) is 4.79. The van der Waals surface area contributed by atoms with Crippen LogP contribution in [-0.4, -0.2) is 59.4 Å². The van der Waals surface area contributed by atoms with E-state index in [1.54, 1.807) is 0 Å². The molecule has 1 unspecified atom stereocenters. The Morgan fingerprint density at radius 1 is 1.11 bits per heavy atom. The molecule has 1 atom stereocenters. The Bertz CT molecular complexity index is 317. The minimum Gasteiger partial charge on any atom is -0.367 e. The summed E-state index contributed by atoms with van der Waals surface area (Å²) in [6, 6.07) is 0.744. The van der Waals surface area contributed by atoms with Crippen LogP contribution in [0.15, 0.2) is 5.10 Å². The summed E-state index contributed by atoms with van der Waals surface area (Å²) < 4.78 is 0. The van der Waals surface area contributed by atoms with Gasteiger partial charge < -0.3 is 10.6 Å². The minimum absolute atomic E-state index is 0.312. The molecule has 2 fully saturated rings. The zero-order valence-corrected chi connectivity index (χ0v) is 10.8. The zero-order valence-electron chi connectivity index (χ0n) is 10.8. The van der Waals surface area contributed by atoms with Gasteiger partial charge in [0.25, 0.3) is 0 Å². The van der Waals surface area contributed by atoms with Crippen molar-refractivity contribution in [2.75, 3.05) is 26.2 Å². The van der Waals surface area contributed by atoms with Gasteiger partial charge in [-0.15, -0.1) is 5.10 Å². The van der Waals surface area contributed by atoms with Crippen molar-refractivity contribution >= 4 is 5.96 Å². The first-order chi connectivity index (χ1) is 8.75. The minimum atomic E-state index is -0.312. The molecule has 0 aromatic carbocycles. The van der Waals surface area contributed by atoms with E-state index in [1.807, 2.05) is 5.01 Å². The lowest BCUT2D eigenvalue weighted by Gasteiger charge is -2.41. The summed E-state index contributed by atoms with van der Waals surface area (Å²) in [5.41, 5.74) is 14.6. The Labute approximate surface area is 108 Å². The van der Waals surface area contributed by atoms with Crippen LogP contribution in [0.2, 0.25) is 0 Å². The smallest absolute Gasteiger partial charge is 0.231 e. The molecule has 0 bridgehead atoms. The van der Waals surface area contributed by atoms with E-state index < -0.39 is 0 Å². The van der Waals surface area contributed by atoms with Gasteiger partial charge in [-0.1, -0.05) is 0 Å². The highest BCUT2D eigenvalue weighted by atomic mass is 15.8. The Morgan fingerprint density at radius 2 is 1.78 bits per heavy atom. The first-order valence-corrected chi connectivity index (χ1v) is 6.88. The number of nitrogens with one attached hydrogen (secondary N) is 1. The van der Waals surface area contributed by atoms with Crippen LogP contribution in [0.25, 0.3) is 0 Å². The molecule has 3 aliphatic rings. The number of hydrogen-bond acceptors (Lipinski definition) is 7. The van der Waals surface area contributed by atoms with Crippen molar-refractivity contribution in [3.63, 3.8) is 0 Å². The number of rotatable bonds is 2. The van der Waals surface area contributed by atoms with E-state index in [-0.39, 0.29) is 6.29 Å². The fourth-order valence-corrected chi connectivity index (χ4v) is 3.24. The number of nitrogens with zero attached hydrogens (tertiary/aromatic N) is 4. The van der Waals surface area contributed by atoms with Crippen LogP contribution in [0.3, 0.4) is 0 Å². The molecular weight excluding hydrogens is 230 g/mol.